The molecule has 0 aromatic carbocycles. The van der Waals surface area contributed by atoms with E-state index >= 15 is 0 Å². The van der Waals surface area contributed by atoms with Crippen LogP contribution in [0, 0.1) is 0 Å². The minimum Gasteiger partial charge on any atom is -0.479 e. The van der Waals surface area contributed by atoms with Crippen LogP contribution in [-0.4, -0.2) is 35.2 Å². The maximum Gasteiger partial charge on any atom is 0.347 e. The number of carboxylic acids is 1. The molecule has 0 spiro atoms. The van der Waals surface area contributed by atoms with Crippen molar-refractivity contribution in [2.45, 2.75) is 123 Å². The van der Waals surface area contributed by atoms with E-state index in [4.69, 9.17) is 9.84 Å². The molecule has 6 heteroatoms. The highest BCUT2D eigenvalue weighted by atomic mass is 16.6. The second-order valence-electron chi connectivity index (χ2n) is 7.88. The number of hydrogen-bond acceptors (Lipinski definition) is 5. The summed E-state index contributed by atoms with van der Waals surface area (Å²) in [5.41, 5.74) is 0. The molecule has 0 amide bonds. The van der Waals surface area contributed by atoms with Crippen LogP contribution in [0.3, 0.4) is 0 Å². The smallest absolute Gasteiger partial charge is 0.347 e. The van der Waals surface area contributed by atoms with E-state index in [0.29, 0.717) is 0 Å². The SMILES string of the molecule is CCCCCCCC/C=C\CCCCCCCC(=O)O[C@H](C)C(=O)O[C@H](C)C(=O)O. The fourth-order valence-corrected chi connectivity index (χ4v) is 2.96. The van der Waals surface area contributed by atoms with Crippen LogP contribution in [0.5, 0.6) is 0 Å². The van der Waals surface area contributed by atoms with Crippen molar-refractivity contribution in [3.05, 3.63) is 12.2 Å². The Morgan fingerprint density at radius 1 is 0.733 bits per heavy atom. The van der Waals surface area contributed by atoms with Crippen molar-refractivity contribution in [2.24, 2.45) is 0 Å². The predicted octanol–water partition coefficient (Wildman–Crippen LogP) is 5.97. The van der Waals surface area contributed by atoms with Gasteiger partial charge in [-0.1, -0.05) is 70.4 Å². The van der Waals surface area contributed by atoms with Crippen molar-refractivity contribution < 1.29 is 29.0 Å². The number of ether oxygens (including phenoxy) is 2. The molecule has 0 radical (unpaired) electrons. The van der Waals surface area contributed by atoms with E-state index in [-0.39, 0.29) is 6.42 Å². The molecule has 30 heavy (non-hydrogen) atoms. The molecule has 0 fully saturated rings. The fraction of sp³-hybridized carbons (Fsp3) is 0.792. The van der Waals surface area contributed by atoms with Gasteiger partial charge >= 0.3 is 17.9 Å². The van der Waals surface area contributed by atoms with Crippen LogP contribution in [0.2, 0.25) is 0 Å². The first kappa shape index (κ1) is 28.1. The van der Waals surface area contributed by atoms with E-state index in [1.54, 1.807) is 0 Å². The molecule has 0 aliphatic carbocycles. The summed E-state index contributed by atoms with van der Waals surface area (Å²) < 4.78 is 9.68. The lowest BCUT2D eigenvalue weighted by Crippen LogP contribution is -2.32. The van der Waals surface area contributed by atoms with Gasteiger partial charge in [0.1, 0.15) is 0 Å². The van der Waals surface area contributed by atoms with Gasteiger partial charge < -0.3 is 14.6 Å². The minimum absolute atomic E-state index is 0.254. The molecule has 0 saturated heterocycles. The lowest BCUT2D eigenvalue weighted by Gasteiger charge is -2.14. The lowest BCUT2D eigenvalue weighted by molar-refractivity contribution is -0.174. The Hall–Kier alpha value is -1.85. The van der Waals surface area contributed by atoms with Crippen molar-refractivity contribution in [2.75, 3.05) is 0 Å². The maximum absolute atomic E-state index is 11.8. The summed E-state index contributed by atoms with van der Waals surface area (Å²) in [4.78, 5) is 34.1. The molecule has 0 aromatic rings. The molecule has 0 heterocycles. The van der Waals surface area contributed by atoms with E-state index in [1.807, 2.05) is 0 Å². The van der Waals surface area contributed by atoms with Gasteiger partial charge in [-0.2, -0.15) is 0 Å². The number of esters is 2. The van der Waals surface area contributed by atoms with Crippen LogP contribution in [-0.2, 0) is 23.9 Å². The highest BCUT2D eigenvalue weighted by Gasteiger charge is 2.23. The first-order chi connectivity index (χ1) is 14.4. The molecule has 0 aliphatic heterocycles. The topological polar surface area (TPSA) is 89.9 Å². The van der Waals surface area contributed by atoms with E-state index in [0.717, 1.165) is 32.1 Å². The van der Waals surface area contributed by atoms with Gasteiger partial charge in [-0.25, -0.2) is 9.59 Å². The van der Waals surface area contributed by atoms with Gasteiger partial charge in [0.25, 0.3) is 0 Å². The normalized spacial score (nSPS) is 13.2. The Labute approximate surface area is 182 Å². The average Bonchev–Trinajstić information content (AvgIpc) is 2.70. The molecule has 6 nitrogen and oxygen atoms in total. The van der Waals surface area contributed by atoms with Gasteiger partial charge in [-0.15, -0.1) is 0 Å². The van der Waals surface area contributed by atoms with Gasteiger partial charge in [-0.05, 0) is 46.0 Å². The largest absolute Gasteiger partial charge is 0.479 e. The molecule has 174 valence electrons. The van der Waals surface area contributed by atoms with Gasteiger partial charge in [0, 0.05) is 6.42 Å². The molecule has 0 bridgehead atoms. The number of carboxylic acid groups (broad SMARTS) is 1. The zero-order valence-electron chi connectivity index (χ0n) is 19.2. The van der Waals surface area contributed by atoms with E-state index in [9.17, 15) is 14.4 Å². The monoisotopic (exact) mass is 426 g/mol. The summed E-state index contributed by atoms with van der Waals surface area (Å²) in [5.74, 6) is -2.54. The summed E-state index contributed by atoms with van der Waals surface area (Å²) in [6.07, 6.45) is 17.9. The van der Waals surface area contributed by atoms with Crippen molar-refractivity contribution in [3.8, 4) is 0 Å². The third-order valence-electron chi connectivity index (χ3n) is 4.92. The van der Waals surface area contributed by atoms with Gasteiger partial charge in [0.05, 0.1) is 0 Å². The summed E-state index contributed by atoms with van der Waals surface area (Å²) in [5, 5.41) is 8.71. The molecule has 1 N–H and O–H groups in total. The lowest BCUT2D eigenvalue weighted by atomic mass is 10.1. The molecule has 0 aliphatic rings. The zero-order valence-corrected chi connectivity index (χ0v) is 19.2. The number of carbonyl (C=O) groups excluding carboxylic acids is 2. The van der Waals surface area contributed by atoms with Crippen LogP contribution < -0.4 is 0 Å². The number of aliphatic carboxylic acids is 1. The molecule has 0 aromatic heterocycles. The Bertz CT molecular complexity index is 500. The quantitative estimate of drug-likeness (QED) is 0.155. The van der Waals surface area contributed by atoms with Crippen molar-refractivity contribution in [1.82, 2.24) is 0 Å². The van der Waals surface area contributed by atoms with Crippen LogP contribution in [0.1, 0.15) is 111 Å². The molecule has 2 atom stereocenters. The van der Waals surface area contributed by atoms with Crippen molar-refractivity contribution in [3.63, 3.8) is 0 Å². The van der Waals surface area contributed by atoms with Crippen molar-refractivity contribution in [1.29, 1.82) is 0 Å². The van der Waals surface area contributed by atoms with Gasteiger partial charge in [0.15, 0.2) is 12.2 Å². The zero-order chi connectivity index (χ0) is 22.6. The maximum atomic E-state index is 11.8. The van der Waals surface area contributed by atoms with Crippen LogP contribution in [0.15, 0.2) is 12.2 Å². The van der Waals surface area contributed by atoms with Crippen LogP contribution in [0.4, 0.5) is 0 Å². The molecular formula is C24H42O6. The highest BCUT2D eigenvalue weighted by molar-refractivity contribution is 5.82. The highest BCUT2D eigenvalue weighted by Crippen LogP contribution is 2.11. The Morgan fingerprint density at radius 2 is 1.23 bits per heavy atom. The third-order valence-corrected chi connectivity index (χ3v) is 4.92. The first-order valence-corrected chi connectivity index (χ1v) is 11.7. The first-order valence-electron chi connectivity index (χ1n) is 11.7. The second kappa shape index (κ2) is 19.1. The molecule has 0 rings (SSSR count). The summed E-state index contributed by atoms with van der Waals surface area (Å²) >= 11 is 0. The number of rotatable bonds is 19. The second-order valence-corrected chi connectivity index (χ2v) is 7.88. The summed E-state index contributed by atoms with van der Waals surface area (Å²) in [7, 11) is 0. The Kier molecular flexibility index (Phi) is 18.0. The van der Waals surface area contributed by atoms with Crippen molar-refractivity contribution >= 4 is 17.9 Å². The van der Waals surface area contributed by atoms with Gasteiger partial charge in [0.2, 0.25) is 0 Å². The average molecular weight is 427 g/mol. The number of hydrogen-bond donors (Lipinski definition) is 1. The Balaban J connectivity index is 3.55. The standard InChI is InChI=1S/C24H42O6/c1-4-5-6-7-8-9-10-11-12-13-14-15-16-17-18-19-22(25)29-21(3)24(28)30-20(2)23(26)27/h11-12,20-21H,4-10,13-19H2,1-3H3,(H,26,27)/b12-11-/t20-,21-/m1/s1. The summed E-state index contributed by atoms with van der Waals surface area (Å²) in [6.45, 7) is 4.88. The van der Waals surface area contributed by atoms with Gasteiger partial charge in [-0.3, -0.25) is 4.79 Å². The van der Waals surface area contributed by atoms with E-state index < -0.39 is 30.1 Å². The molecular weight excluding hydrogens is 384 g/mol. The van der Waals surface area contributed by atoms with E-state index in [2.05, 4.69) is 23.8 Å². The number of allylic oxidation sites excluding steroid dienone is 2. The Morgan fingerprint density at radius 3 is 1.77 bits per heavy atom. The minimum atomic E-state index is -1.26. The van der Waals surface area contributed by atoms with Crippen LogP contribution >= 0.6 is 0 Å². The van der Waals surface area contributed by atoms with E-state index in [1.165, 1.54) is 65.2 Å². The third kappa shape index (κ3) is 17.0. The number of unbranched alkanes of at least 4 members (excludes halogenated alkanes) is 11. The molecule has 0 saturated carbocycles. The summed E-state index contributed by atoms with van der Waals surface area (Å²) in [6, 6.07) is 0. The van der Waals surface area contributed by atoms with Crippen LogP contribution in [0.25, 0.3) is 0 Å². The molecule has 0 unspecified atom stereocenters. The number of carbonyl (C=O) groups is 3. The predicted molar refractivity (Wildman–Crippen MR) is 118 cm³/mol. The fourth-order valence-electron chi connectivity index (χ4n) is 2.96.